The van der Waals surface area contributed by atoms with Gasteiger partial charge >= 0.3 is 0 Å². The van der Waals surface area contributed by atoms with E-state index in [0.717, 1.165) is 10.0 Å². The molecule has 5 heteroatoms. The molecule has 0 spiro atoms. The fourth-order valence-corrected chi connectivity index (χ4v) is 2.97. The molecule has 1 atom stereocenters. The fraction of sp³-hybridized carbons (Fsp3) is 0.200. The Hall–Kier alpha value is -0.780. The molecule has 0 bridgehead atoms. The monoisotopic (exact) mass is 403 g/mol. The van der Waals surface area contributed by atoms with Crippen LogP contribution >= 0.6 is 31.9 Å². The van der Waals surface area contributed by atoms with Crippen LogP contribution in [0.15, 0.2) is 45.3 Å². The summed E-state index contributed by atoms with van der Waals surface area (Å²) in [4.78, 5) is 0. The van der Waals surface area contributed by atoms with Crippen LogP contribution in [0.5, 0.6) is 0 Å². The molecule has 0 heterocycles. The van der Waals surface area contributed by atoms with Gasteiger partial charge in [-0.05, 0) is 37.2 Å². The van der Waals surface area contributed by atoms with E-state index in [9.17, 15) is 8.78 Å². The van der Waals surface area contributed by atoms with E-state index in [2.05, 4.69) is 37.2 Å². The van der Waals surface area contributed by atoms with Crippen molar-refractivity contribution < 1.29 is 8.78 Å². The van der Waals surface area contributed by atoms with Gasteiger partial charge in [0.2, 0.25) is 0 Å². The van der Waals surface area contributed by atoms with Crippen LogP contribution in [0.1, 0.15) is 17.2 Å². The Labute approximate surface area is 133 Å². The normalized spacial score (nSPS) is 12.4. The third kappa shape index (κ3) is 3.45. The lowest BCUT2D eigenvalue weighted by Crippen LogP contribution is -2.21. The van der Waals surface area contributed by atoms with Gasteiger partial charge in [-0.2, -0.15) is 0 Å². The number of hydrogen-bond donors (Lipinski definition) is 1. The van der Waals surface area contributed by atoms with E-state index in [1.807, 2.05) is 24.3 Å². The molecular formula is C15H13Br2F2N. The summed E-state index contributed by atoms with van der Waals surface area (Å²) in [5, 5.41) is 2.98. The molecule has 2 aromatic carbocycles. The van der Waals surface area contributed by atoms with E-state index in [0.29, 0.717) is 10.9 Å². The van der Waals surface area contributed by atoms with E-state index >= 15 is 0 Å². The molecule has 0 aliphatic heterocycles. The van der Waals surface area contributed by atoms with Crippen LogP contribution in [-0.2, 0) is 6.42 Å². The highest BCUT2D eigenvalue weighted by Crippen LogP contribution is 2.29. The maximum Gasteiger partial charge on any atom is 0.132 e. The van der Waals surface area contributed by atoms with Crippen LogP contribution in [0.3, 0.4) is 0 Å². The molecule has 1 unspecified atom stereocenters. The molecule has 1 nitrogen and oxygen atoms in total. The minimum Gasteiger partial charge on any atom is -0.313 e. The SMILES string of the molecule is CNC(Cc1ccccc1Br)c1c(F)cc(Br)cc1F. The molecule has 0 radical (unpaired) electrons. The highest BCUT2D eigenvalue weighted by Gasteiger charge is 2.20. The summed E-state index contributed by atoms with van der Waals surface area (Å²) in [6.45, 7) is 0. The molecule has 0 saturated carbocycles. The molecule has 0 saturated heterocycles. The van der Waals surface area contributed by atoms with Gasteiger partial charge in [-0.15, -0.1) is 0 Å². The maximum atomic E-state index is 14.0. The summed E-state index contributed by atoms with van der Waals surface area (Å²) in [6, 6.07) is 9.79. The highest BCUT2D eigenvalue weighted by atomic mass is 79.9. The minimum absolute atomic E-state index is 0.0615. The molecule has 0 aliphatic rings. The van der Waals surface area contributed by atoms with E-state index in [1.54, 1.807) is 7.05 Å². The lowest BCUT2D eigenvalue weighted by molar-refractivity contribution is 0.488. The molecule has 106 valence electrons. The summed E-state index contributed by atoms with van der Waals surface area (Å²) >= 11 is 6.54. The lowest BCUT2D eigenvalue weighted by atomic mass is 9.98. The second-order valence-corrected chi connectivity index (χ2v) is 6.19. The van der Waals surface area contributed by atoms with Gasteiger partial charge in [-0.1, -0.05) is 50.1 Å². The summed E-state index contributed by atoms with van der Waals surface area (Å²) < 4.78 is 29.4. The first-order chi connectivity index (χ1) is 9.52. The Morgan fingerprint density at radius 3 is 2.25 bits per heavy atom. The van der Waals surface area contributed by atoms with Crippen LogP contribution in [0, 0.1) is 11.6 Å². The first-order valence-electron chi connectivity index (χ1n) is 6.08. The number of likely N-dealkylation sites (N-methyl/N-ethyl adjacent to an activating group) is 1. The molecule has 1 N–H and O–H groups in total. The number of rotatable bonds is 4. The Kier molecular flexibility index (Phi) is 5.29. The third-order valence-electron chi connectivity index (χ3n) is 3.12. The number of nitrogens with one attached hydrogen (secondary N) is 1. The molecular weight excluding hydrogens is 392 g/mol. The smallest absolute Gasteiger partial charge is 0.132 e. The van der Waals surface area contributed by atoms with Crippen LogP contribution in [0.2, 0.25) is 0 Å². The predicted octanol–water partition coefficient (Wildman–Crippen LogP) is 4.99. The summed E-state index contributed by atoms with van der Waals surface area (Å²) in [5.41, 5.74) is 1.06. The van der Waals surface area contributed by atoms with Crippen molar-refractivity contribution in [2.75, 3.05) is 7.05 Å². The lowest BCUT2D eigenvalue weighted by Gasteiger charge is -2.19. The molecule has 2 rings (SSSR count). The van der Waals surface area contributed by atoms with Crippen molar-refractivity contribution in [3.05, 3.63) is 68.1 Å². The molecule has 0 aliphatic carbocycles. The third-order valence-corrected chi connectivity index (χ3v) is 4.35. The van der Waals surface area contributed by atoms with Crippen molar-refractivity contribution in [1.82, 2.24) is 5.32 Å². The van der Waals surface area contributed by atoms with Crippen molar-refractivity contribution >= 4 is 31.9 Å². The van der Waals surface area contributed by atoms with E-state index in [-0.39, 0.29) is 5.56 Å². The van der Waals surface area contributed by atoms with E-state index in [1.165, 1.54) is 12.1 Å². The van der Waals surface area contributed by atoms with E-state index < -0.39 is 17.7 Å². The Balaban J connectivity index is 2.37. The van der Waals surface area contributed by atoms with Crippen molar-refractivity contribution in [2.45, 2.75) is 12.5 Å². The van der Waals surface area contributed by atoms with Gasteiger partial charge in [0.05, 0.1) is 0 Å². The van der Waals surface area contributed by atoms with Crippen molar-refractivity contribution in [2.24, 2.45) is 0 Å². The topological polar surface area (TPSA) is 12.0 Å². The Morgan fingerprint density at radius 1 is 1.10 bits per heavy atom. The first-order valence-corrected chi connectivity index (χ1v) is 7.66. The van der Waals surface area contributed by atoms with Gasteiger partial charge in [0.15, 0.2) is 0 Å². The van der Waals surface area contributed by atoms with Gasteiger partial charge in [-0.25, -0.2) is 8.78 Å². The second-order valence-electron chi connectivity index (χ2n) is 4.42. The largest absolute Gasteiger partial charge is 0.313 e. The standard InChI is InChI=1S/C15H13Br2F2N/c1-20-14(6-9-4-2-3-5-11(9)17)15-12(18)7-10(16)8-13(15)19/h2-5,7-8,14,20H,6H2,1H3. The maximum absolute atomic E-state index is 14.0. The zero-order chi connectivity index (χ0) is 14.7. The van der Waals surface area contributed by atoms with Gasteiger partial charge in [0.25, 0.3) is 0 Å². The molecule has 0 amide bonds. The Bertz CT molecular complexity index is 594. The van der Waals surface area contributed by atoms with Crippen LogP contribution in [0.25, 0.3) is 0 Å². The first kappa shape index (κ1) is 15.6. The summed E-state index contributed by atoms with van der Waals surface area (Å²) in [5.74, 6) is -1.11. The van der Waals surface area contributed by atoms with Gasteiger partial charge in [0, 0.05) is 20.6 Å². The van der Waals surface area contributed by atoms with Gasteiger partial charge in [-0.3, -0.25) is 0 Å². The van der Waals surface area contributed by atoms with Gasteiger partial charge in [0.1, 0.15) is 11.6 Å². The number of benzene rings is 2. The van der Waals surface area contributed by atoms with Crippen molar-refractivity contribution in [3.8, 4) is 0 Å². The zero-order valence-corrected chi connectivity index (χ0v) is 13.9. The highest BCUT2D eigenvalue weighted by molar-refractivity contribution is 9.10. The summed E-state index contributed by atoms with van der Waals surface area (Å²) in [6.07, 6.45) is 0.493. The summed E-state index contributed by atoms with van der Waals surface area (Å²) in [7, 11) is 1.70. The van der Waals surface area contributed by atoms with E-state index in [4.69, 9.17) is 0 Å². The quantitative estimate of drug-likeness (QED) is 0.756. The van der Waals surface area contributed by atoms with Crippen LogP contribution < -0.4 is 5.32 Å². The van der Waals surface area contributed by atoms with Gasteiger partial charge < -0.3 is 5.32 Å². The number of hydrogen-bond acceptors (Lipinski definition) is 1. The average molecular weight is 405 g/mol. The molecule has 0 aromatic heterocycles. The average Bonchev–Trinajstić information content (AvgIpc) is 2.38. The minimum atomic E-state index is -0.553. The van der Waals surface area contributed by atoms with Crippen LogP contribution in [-0.4, -0.2) is 7.05 Å². The molecule has 20 heavy (non-hydrogen) atoms. The molecule has 2 aromatic rings. The number of halogens is 4. The van der Waals surface area contributed by atoms with Crippen LogP contribution in [0.4, 0.5) is 8.78 Å². The van der Waals surface area contributed by atoms with Crippen molar-refractivity contribution in [3.63, 3.8) is 0 Å². The van der Waals surface area contributed by atoms with Crippen molar-refractivity contribution in [1.29, 1.82) is 0 Å². The predicted molar refractivity (Wildman–Crippen MR) is 83.7 cm³/mol. The molecule has 0 fully saturated rings. The fourth-order valence-electron chi connectivity index (χ4n) is 2.12. The Morgan fingerprint density at radius 2 is 1.70 bits per heavy atom. The zero-order valence-electron chi connectivity index (χ0n) is 10.8. The second kappa shape index (κ2) is 6.78.